The second-order valence-corrected chi connectivity index (χ2v) is 5.78. The Morgan fingerprint density at radius 1 is 0.964 bits per heavy atom. The Kier molecular flexibility index (Phi) is 5.58. The molecule has 1 aromatic heterocycles. The van der Waals surface area contributed by atoms with Gasteiger partial charge in [0.1, 0.15) is 23.9 Å². The van der Waals surface area contributed by atoms with Crippen molar-refractivity contribution in [2.24, 2.45) is 0 Å². The minimum atomic E-state index is -0.411. The molecule has 2 amide bonds. The molecule has 0 saturated heterocycles. The first-order valence-corrected chi connectivity index (χ1v) is 8.32. The Hall–Kier alpha value is -4.25. The molecule has 1 heterocycles. The van der Waals surface area contributed by atoms with Gasteiger partial charge in [-0.15, -0.1) is 0 Å². The third-order valence-electron chi connectivity index (χ3n) is 3.67. The molecule has 0 saturated carbocycles. The molecule has 0 aliphatic heterocycles. The number of nitrogens with one attached hydrogen (secondary N) is 3. The second kappa shape index (κ2) is 8.42. The van der Waals surface area contributed by atoms with Crippen molar-refractivity contribution < 1.29 is 9.59 Å². The zero-order valence-corrected chi connectivity index (χ0v) is 14.9. The Morgan fingerprint density at radius 3 is 2.32 bits per heavy atom. The fourth-order valence-electron chi connectivity index (χ4n) is 2.41. The summed E-state index contributed by atoms with van der Waals surface area (Å²) < 4.78 is 0. The Bertz CT molecular complexity index is 1060. The lowest BCUT2D eigenvalue weighted by Crippen LogP contribution is -2.14. The zero-order valence-electron chi connectivity index (χ0n) is 14.9. The highest BCUT2D eigenvalue weighted by atomic mass is 16.2. The van der Waals surface area contributed by atoms with E-state index in [4.69, 9.17) is 5.26 Å². The number of benzene rings is 2. The molecule has 3 aromatic rings. The predicted octanol–water partition coefficient (Wildman–Crippen LogP) is 3.30. The molecule has 3 N–H and O–H groups in total. The lowest BCUT2D eigenvalue weighted by molar-refractivity contribution is -0.114. The topological polar surface area (TPSA) is 120 Å². The summed E-state index contributed by atoms with van der Waals surface area (Å²) in [7, 11) is 0. The van der Waals surface area contributed by atoms with Crippen LogP contribution in [0.4, 0.5) is 22.9 Å². The average molecular weight is 372 g/mol. The number of hydrogen-bond donors (Lipinski definition) is 3. The molecule has 0 atom stereocenters. The summed E-state index contributed by atoms with van der Waals surface area (Å²) in [6.07, 6.45) is 1.27. The smallest absolute Gasteiger partial charge is 0.274 e. The molecule has 138 valence electrons. The van der Waals surface area contributed by atoms with Crippen LogP contribution in [-0.2, 0) is 4.79 Å². The van der Waals surface area contributed by atoms with Gasteiger partial charge in [0.15, 0.2) is 0 Å². The predicted molar refractivity (Wildman–Crippen MR) is 105 cm³/mol. The Balaban J connectivity index is 1.72. The number of hydrogen-bond acceptors (Lipinski definition) is 6. The van der Waals surface area contributed by atoms with Gasteiger partial charge < -0.3 is 16.0 Å². The monoisotopic (exact) mass is 372 g/mol. The number of amides is 2. The van der Waals surface area contributed by atoms with Gasteiger partial charge in [-0.25, -0.2) is 9.97 Å². The summed E-state index contributed by atoms with van der Waals surface area (Å²) in [6.45, 7) is 1.42. The van der Waals surface area contributed by atoms with E-state index in [1.165, 1.54) is 19.3 Å². The maximum Gasteiger partial charge on any atom is 0.274 e. The number of carbonyl (C=O) groups is 2. The van der Waals surface area contributed by atoms with E-state index in [9.17, 15) is 9.59 Å². The zero-order chi connectivity index (χ0) is 19.9. The van der Waals surface area contributed by atoms with Gasteiger partial charge in [-0.2, -0.15) is 5.26 Å². The van der Waals surface area contributed by atoms with Crippen LogP contribution in [0.3, 0.4) is 0 Å². The van der Waals surface area contributed by atoms with Gasteiger partial charge in [0.25, 0.3) is 5.91 Å². The summed E-state index contributed by atoms with van der Waals surface area (Å²) in [5, 5.41) is 17.6. The van der Waals surface area contributed by atoms with E-state index in [2.05, 4.69) is 32.0 Å². The summed E-state index contributed by atoms with van der Waals surface area (Å²) in [6, 6.07) is 17.3. The normalized spacial score (nSPS) is 9.86. The molecule has 0 aliphatic rings. The van der Waals surface area contributed by atoms with Crippen LogP contribution in [0.25, 0.3) is 0 Å². The summed E-state index contributed by atoms with van der Waals surface area (Å²) in [5.41, 5.74) is 2.41. The summed E-state index contributed by atoms with van der Waals surface area (Å²) in [5.74, 6) is -0.189. The molecule has 2 aromatic carbocycles. The van der Waals surface area contributed by atoms with Crippen LogP contribution in [-0.4, -0.2) is 21.8 Å². The third-order valence-corrected chi connectivity index (χ3v) is 3.67. The van der Waals surface area contributed by atoms with Gasteiger partial charge in [0.05, 0.1) is 11.3 Å². The van der Waals surface area contributed by atoms with Crippen molar-refractivity contribution in [1.29, 1.82) is 5.26 Å². The van der Waals surface area contributed by atoms with E-state index in [1.807, 2.05) is 0 Å². The number of nitriles is 1. The number of para-hydroxylation sites is 1. The summed E-state index contributed by atoms with van der Waals surface area (Å²) in [4.78, 5) is 31.6. The van der Waals surface area contributed by atoms with Crippen LogP contribution in [0.5, 0.6) is 0 Å². The SMILES string of the molecule is CC(=O)Nc1ccc(NC(=O)c2cc(Nc3ccccc3C#N)ncn2)cc1. The van der Waals surface area contributed by atoms with E-state index in [1.54, 1.807) is 48.5 Å². The molecule has 0 bridgehead atoms. The number of anilines is 4. The molecular formula is C20H16N6O2. The van der Waals surface area contributed by atoms with Crippen LogP contribution in [0.1, 0.15) is 23.0 Å². The molecule has 0 aliphatic carbocycles. The van der Waals surface area contributed by atoms with Gasteiger partial charge in [-0.3, -0.25) is 9.59 Å². The van der Waals surface area contributed by atoms with Crippen LogP contribution in [0, 0.1) is 11.3 Å². The lowest BCUT2D eigenvalue weighted by Gasteiger charge is -2.09. The highest BCUT2D eigenvalue weighted by molar-refractivity contribution is 6.03. The van der Waals surface area contributed by atoms with Crippen molar-refractivity contribution in [3.63, 3.8) is 0 Å². The van der Waals surface area contributed by atoms with Crippen molar-refractivity contribution in [2.75, 3.05) is 16.0 Å². The Labute approximate surface area is 161 Å². The van der Waals surface area contributed by atoms with Gasteiger partial charge >= 0.3 is 0 Å². The van der Waals surface area contributed by atoms with E-state index in [-0.39, 0.29) is 11.6 Å². The summed E-state index contributed by atoms with van der Waals surface area (Å²) >= 11 is 0. The van der Waals surface area contributed by atoms with E-state index < -0.39 is 5.91 Å². The maximum absolute atomic E-state index is 12.5. The van der Waals surface area contributed by atoms with E-state index >= 15 is 0 Å². The standard InChI is InChI=1S/C20H16N6O2/c1-13(27)24-15-6-8-16(9-7-15)25-20(28)18-10-19(23-12-22-18)26-17-5-3-2-4-14(17)11-21/h2-10,12H,1H3,(H,24,27)(H,25,28)(H,22,23,26). The van der Waals surface area contributed by atoms with E-state index in [0.717, 1.165) is 0 Å². The minimum absolute atomic E-state index is 0.165. The Morgan fingerprint density at radius 2 is 1.64 bits per heavy atom. The van der Waals surface area contributed by atoms with Crippen molar-refractivity contribution in [3.8, 4) is 6.07 Å². The van der Waals surface area contributed by atoms with Crippen LogP contribution < -0.4 is 16.0 Å². The highest BCUT2D eigenvalue weighted by Crippen LogP contribution is 2.19. The maximum atomic E-state index is 12.5. The molecule has 8 nitrogen and oxygen atoms in total. The molecule has 0 fully saturated rings. The fourth-order valence-corrected chi connectivity index (χ4v) is 2.41. The van der Waals surface area contributed by atoms with Crippen molar-refractivity contribution in [2.45, 2.75) is 6.92 Å². The third kappa shape index (κ3) is 4.68. The number of aromatic nitrogens is 2. The first-order chi connectivity index (χ1) is 13.5. The van der Waals surface area contributed by atoms with Gasteiger partial charge in [0, 0.05) is 24.4 Å². The molecule has 8 heteroatoms. The van der Waals surface area contributed by atoms with Gasteiger partial charge in [0.2, 0.25) is 5.91 Å². The van der Waals surface area contributed by atoms with Crippen molar-refractivity contribution in [3.05, 3.63) is 72.2 Å². The van der Waals surface area contributed by atoms with Crippen LogP contribution in [0.2, 0.25) is 0 Å². The number of nitrogens with zero attached hydrogens (tertiary/aromatic N) is 3. The lowest BCUT2D eigenvalue weighted by atomic mass is 10.2. The first-order valence-electron chi connectivity index (χ1n) is 8.32. The van der Waals surface area contributed by atoms with Gasteiger partial charge in [-0.1, -0.05) is 12.1 Å². The van der Waals surface area contributed by atoms with Crippen molar-refractivity contribution in [1.82, 2.24) is 9.97 Å². The van der Waals surface area contributed by atoms with E-state index in [0.29, 0.717) is 28.4 Å². The largest absolute Gasteiger partial charge is 0.339 e. The first kappa shape index (κ1) is 18.5. The van der Waals surface area contributed by atoms with Crippen molar-refractivity contribution >= 4 is 34.7 Å². The molecule has 0 spiro atoms. The van der Waals surface area contributed by atoms with Crippen LogP contribution in [0.15, 0.2) is 60.9 Å². The number of rotatable bonds is 5. The highest BCUT2D eigenvalue weighted by Gasteiger charge is 2.10. The average Bonchev–Trinajstić information content (AvgIpc) is 2.70. The molecule has 0 unspecified atom stereocenters. The molecular weight excluding hydrogens is 356 g/mol. The van der Waals surface area contributed by atoms with Crippen LogP contribution >= 0.6 is 0 Å². The number of carbonyl (C=O) groups excluding carboxylic acids is 2. The molecule has 0 radical (unpaired) electrons. The fraction of sp³-hybridized carbons (Fsp3) is 0.0500. The van der Waals surface area contributed by atoms with Gasteiger partial charge in [-0.05, 0) is 36.4 Å². The minimum Gasteiger partial charge on any atom is -0.339 e. The molecule has 3 rings (SSSR count). The molecule has 28 heavy (non-hydrogen) atoms. The second-order valence-electron chi connectivity index (χ2n) is 5.78. The quantitative estimate of drug-likeness (QED) is 0.632.